The van der Waals surface area contributed by atoms with E-state index in [1.807, 2.05) is 18.2 Å². The van der Waals surface area contributed by atoms with Crippen molar-refractivity contribution < 1.29 is 13.2 Å². The highest BCUT2D eigenvalue weighted by molar-refractivity contribution is 7.89. The Kier molecular flexibility index (Phi) is 3.35. The van der Waals surface area contributed by atoms with Crippen molar-refractivity contribution in [2.75, 3.05) is 5.73 Å². The normalized spacial score (nSPS) is 14.0. The van der Waals surface area contributed by atoms with Crippen molar-refractivity contribution >= 4 is 15.7 Å². The van der Waals surface area contributed by atoms with E-state index in [4.69, 9.17) is 15.6 Å². The average Bonchev–Trinajstić information content (AvgIpc) is 2.87. The molecule has 1 aliphatic carbocycles. The number of aryl methyl sites for hydroxylation is 2. The number of benzene rings is 2. The summed E-state index contributed by atoms with van der Waals surface area (Å²) in [6.07, 6.45) is 3.29. The van der Waals surface area contributed by atoms with Gasteiger partial charge in [-0.05, 0) is 54.7 Å². The Bertz CT molecular complexity index is 801. The maximum absolute atomic E-state index is 11.4. The Balaban J connectivity index is 1.94. The van der Waals surface area contributed by atoms with Gasteiger partial charge in [-0.1, -0.05) is 6.07 Å². The largest absolute Gasteiger partial charge is 0.455 e. The molecule has 0 aromatic heterocycles. The molecule has 0 aliphatic heterocycles. The van der Waals surface area contributed by atoms with E-state index in [-0.39, 0.29) is 4.90 Å². The lowest BCUT2D eigenvalue weighted by Crippen LogP contribution is -2.12. The smallest absolute Gasteiger partial charge is 0.238 e. The summed E-state index contributed by atoms with van der Waals surface area (Å²) in [5.74, 6) is 0.938. The minimum atomic E-state index is -3.78. The number of hydrogen-bond donors (Lipinski definition) is 2. The van der Waals surface area contributed by atoms with Crippen molar-refractivity contribution in [1.82, 2.24) is 0 Å². The molecular formula is C15H16N2O3S. The van der Waals surface area contributed by atoms with Crippen LogP contribution in [0.25, 0.3) is 0 Å². The first-order valence-electron chi connectivity index (χ1n) is 6.65. The van der Waals surface area contributed by atoms with Crippen LogP contribution in [0.5, 0.6) is 11.5 Å². The highest BCUT2D eigenvalue weighted by Crippen LogP contribution is 2.32. The number of primary sulfonamides is 1. The SMILES string of the molecule is Nc1ccc(S(N)(=O)=O)cc1Oc1ccc2c(c1)CCC2. The predicted molar refractivity (Wildman–Crippen MR) is 80.8 cm³/mol. The third kappa shape index (κ3) is 2.86. The molecule has 5 nitrogen and oxygen atoms in total. The van der Waals surface area contributed by atoms with E-state index in [1.165, 1.54) is 29.3 Å². The zero-order valence-electron chi connectivity index (χ0n) is 11.4. The molecule has 0 fully saturated rings. The predicted octanol–water partition coefficient (Wildman–Crippen LogP) is 2.20. The number of anilines is 1. The molecule has 3 rings (SSSR count). The Morgan fingerprint density at radius 3 is 2.52 bits per heavy atom. The summed E-state index contributed by atoms with van der Waals surface area (Å²) in [6.45, 7) is 0. The van der Waals surface area contributed by atoms with Crippen molar-refractivity contribution in [3.05, 3.63) is 47.5 Å². The van der Waals surface area contributed by atoms with Crippen LogP contribution in [-0.4, -0.2) is 8.42 Å². The molecule has 0 unspecified atom stereocenters. The lowest BCUT2D eigenvalue weighted by atomic mass is 10.1. The molecule has 2 aromatic carbocycles. The summed E-state index contributed by atoms with van der Waals surface area (Å²) in [5, 5.41) is 5.12. The molecule has 21 heavy (non-hydrogen) atoms. The molecule has 0 saturated heterocycles. The third-order valence-corrected chi connectivity index (χ3v) is 4.52. The zero-order chi connectivity index (χ0) is 15.0. The van der Waals surface area contributed by atoms with Crippen molar-refractivity contribution in [3.8, 4) is 11.5 Å². The van der Waals surface area contributed by atoms with E-state index in [0.717, 1.165) is 19.3 Å². The van der Waals surface area contributed by atoms with Gasteiger partial charge in [-0.25, -0.2) is 13.6 Å². The van der Waals surface area contributed by atoms with Crippen LogP contribution in [0, 0.1) is 0 Å². The molecule has 110 valence electrons. The van der Waals surface area contributed by atoms with Crippen LogP contribution >= 0.6 is 0 Å². The summed E-state index contributed by atoms with van der Waals surface area (Å²) in [6, 6.07) is 10.1. The van der Waals surface area contributed by atoms with Crippen molar-refractivity contribution in [3.63, 3.8) is 0 Å². The molecule has 2 aromatic rings. The second-order valence-corrected chi connectivity index (χ2v) is 6.69. The number of nitrogen functional groups attached to an aromatic ring is 1. The first-order valence-corrected chi connectivity index (χ1v) is 8.20. The molecule has 0 bridgehead atoms. The second-order valence-electron chi connectivity index (χ2n) is 5.13. The van der Waals surface area contributed by atoms with E-state index in [1.54, 1.807) is 0 Å². The maximum atomic E-state index is 11.4. The van der Waals surface area contributed by atoms with E-state index in [2.05, 4.69) is 0 Å². The fraction of sp³-hybridized carbons (Fsp3) is 0.200. The van der Waals surface area contributed by atoms with Gasteiger partial charge >= 0.3 is 0 Å². The fourth-order valence-corrected chi connectivity index (χ4v) is 3.05. The Labute approximate surface area is 123 Å². The Morgan fingerprint density at radius 1 is 1.00 bits per heavy atom. The Hall–Kier alpha value is -2.05. The lowest BCUT2D eigenvalue weighted by molar-refractivity contribution is 0.482. The lowest BCUT2D eigenvalue weighted by Gasteiger charge is -2.11. The average molecular weight is 304 g/mol. The summed E-state index contributed by atoms with van der Waals surface area (Å²) < 4.78 is 28.5. The first kappa shape index (κ1) is 13.9. The van der Waals surface area contributed by atoms with E-state index in [0.29, 0.717) is 17.2 Å². The van der Waals surface area contributed by atoms with E-state index in [9.17, 15) is 8.42 Å². The van der Waals surface area contributed by atoms with E-state index < -0.39 is 10.0 Å². The van der Waals surface area contributed by atoms with Crippen LogP contribution in [-0.2, 0) is 22.9 Å². The van der Waals surface area contributed by atoms with Crippen molar-refractivity contribution in [2.24, 2.45) is 5.14 Å². The highest BCUT2D eigenvalue weighted by atomic mass is 32.2. The number of rotatable bonds is 3. The van der Waals surface area contributed by atoms with Crippen molar-refractivity contribution in [2.45, 2.75) is 24.2 Å². The van der Waals surface area contributed by atoms with Crippen LogP contribution < -0.4 is 15.6 Å². The van der Waals surface area contributed by atoms with Gasteiger partial charge in [0.15, 0.2) is 5.75 Å². The van der Waals surface area contributed by atoms with Crippen molar-refractivity contribution in [1.29, 1.82) is 0 Å². The van der Waals surface area contributed by atoms with E-state index >= 15 is 0 Å². The number of fused-ring (bicyclic) bond motifs is 1. The fourth-order valence-electron chi connectivity index (χ4n) is 2.52. The molecule has 0 atom stereocenters. The quantitative estimate of drug-likeness (QED) is 0.850. The third-order valence-electron chi connectivity index (χ3n) is 3.61. The Morgan fingerprint density at radius 2 is 1.76 bits per heavy atom. The molecule has 0 spiro atoms. The second kappa shape index (κ2) is 5.05. The standard InChI is InChI=1S/C15H16N2O3S/c16-14-7-6-13(21(17,18)19)9-15(14)20-12-5-4-10-2-1-3-11(10)8-12/h4-9H,1-3,16H2,(H2,17,18,19). The van der Waals surface area contributed by atoms with Gasteiger partial charge in [0.1, 0.15) is 5.75 Å². The first-order chi connectivity index (χ1) is 9.93. The van der Waals surface area contributed by atoms with Crippen LogP contribution in [0.2, 0.25) is 0 Å². The van der Waals surface area contributed by atoms with Gasteiger partial charge in [0, 0.05) is 6.07 Å². The van der Waals surface area contributed by atoms with Gasteiger partial charge in [-0.2, -0.15) is 0 Å². The summed E-state index contributed by atoms with van der Waals surface area (Å²) in [5.41, 5.74) is 8.81. The van der Waals surface area contributed by atoms with Gasteiger partial charge in [-0.3, -0.25) is 0 Å². The topological polar surface area (TPSA) is 95.4 Å². The highest BCUT2D eigenvalue weighted by Gasteiger charge is 2.14. The number of hydrogen-bond acceptors (Lipinski definition) is 4. The molecule has 0 radical (unpaired) electrons. The number of sulfonamides is 1. The molecule has 4 N–H and O–H groups in total. The molecule has 0 amide bonds. The van der Waals surface area contributed by atoms with Gasteiger partial charge in [0.25, 0.3) is 0 Å². The zero-order valence-corrected chi connectivity index (χ0v) is 12.2. The van der Waals surface area contributed by atoms with Gasteiger partial charge in [-0.15, -0.1) is 0 Å². The number of ether oxygens (including phenoxy) is 1. The van der Waals surface area contributed by atoms with Gasteiger partial charge in [0.05, 0.1) is 10.6 Å². The van der Waals surface area contributed by atoms with Gasteiger partial charge in [0.2, 0.25) is 10.0 Å². The van der Waals surface area contributed by atoms with Crippen LogP contribution in [0.15, 0.2) is 41.3 Å². The monoisotopic (exact) mass is 304 g/mol. The summed E-state index contributed by atoms with van der Waals surface area (Å²) >= 11 is 0. The van der Waals surface area contributed by atoms with Crippen LogP contribution in [0.4, 0.5) is 5.69 Å². The molecule has 0 saturated carbocycles. The maximum Gasteiger partial charge on any atom is 0.238 e. The summed E-state index contributed by atoms with van der Waals surface area (Å²) in [7, 11) is -3.78. The minimum absolute atomic E-state index is 0.0205. The minimum Gasteiger partial charge on any atom is -0.455 e. The number of nitrogens with two attached hydrogens (primary N) is 2. The molecular weight excluding hydrogens is 288 g/mol. The van der Waals surface area contributed by atoms with Crippen LogP contribution in [0.1, 0.15) is 17.5 Å². The molecule has 6 heteroatoms. The van der Waals surface area contributed by atoms with Crippen LogP contribution in [0.3, 0.4) is 0 Å². The van der Waals surface area contributed by atoms with Gasteiger partial charge < -0.3 is 10.5 Å². The summed E-state index contributed by atoms with van der Waals surface area (Å²) in [4.78, 5) is -0.0205. The molecule has 0 heterocycles. The molecule has 1 aliphatic rings.